The molecule has 13 heavy (non-hydrogen) atoms. The van der Waals surface area contributed by atoms with E-state index >= 15 is 0 Å². The summed E-state index contributed by atoms with van der Waals surface area (Å²) in [6.45, 7) is 3.63. The van der Waals surface area contributed by atoms with Crippen molar-refractivity contribution in [2.75, 3.05) is 0 Å². The van der Waals surface area contributed by atoms with Crippen LogP contribution in [0.3, 0.4) is 0 Å². The van der Waals surface area contributed by atoms with Crippen LogP contribution in [0.4, 0.5) is 0 Å². The number of amides is 1. The molecule has 1 rings (SSSR count). The number of hydrogen-bond acceptors (Lipinski definition) is 3. The van der Waals surface area contributed by atoms with Gasteiger partial charge in [0.15, 0.2) is 0 Å². The van der Waals surface area contributed by atoms with Gasteiger partial charge >= 0.3 is 0 Å². The molecule has 0 radical (unpaired) electrons. The predicted molar refractivity (Wildman–Crippen MR) is 53.1 cm³/mol. The fourth-order valence-electron chi connectivity index (χ4n) is 1.01. The lowest BCUT2D eigenvalue weighted by Gasteiger charge is -1.99. The summed E-state index contributed by atoms with van der Waals surface area (Å²) in [6.07, 6.45) is 0. The third kappa shape index (κ3) is 2.28. The minimum absolute atomic E-state index is 0.389. The van der Waals surface area contributed by atoms with Crippen molar-refractivity contribution in [2.24, 2.45) is 4.99 Å². The fourth-order valence-corrected chi connectivity index (χ4v) is 1.10. The van der Waals surface area contributed by atoms with E-state index < -0.39 is 0 Å². The summed E-state index contributed by atoms with van der Waals surface area (Å²) in [6, 6.07) is 3.45. The van der Waals surface area contributed by atoms with Crippen molar-refractivity contribution >= 4 is 23.3 Å². The zero-order chi connectivity index (χ0) is 9.84. The summed E-state index contributed by atoms with van der Waals surface area (Å²) in [4.78, 5) is 18.7. The number of carbonyl (C=O) groups is 1. The smallest absolute Gasteiger partial charge is 0.266 e. The number of hydrogen-bond donors (Lipinski definition) is 0. The van der Waals surface area contributed by atoms with Gasteiger partial charge in [-0.2, -0.15) is 4.99 Å². The Morgan fingerprint density at radius 2 is 2.23 bits per heavy atom. The van der Waals surface area contributed by atoms with E-state index in [1.807, 2.05) is 12.1 Å². The van der Waals surface area contributed by atoms with Gasteiger partial charge in [-0.15, -0.1) is 0 Å². The Balaban J connectivity index is 3.16. The van der Waals surface area contributed by atoms with Crippen molar-refractivity contribution in [1.82, 2.24) is 4.98 Å². The van der Waals surface area contributed by atoms with Gasteiger partial charge in [0.05, 0.1) is 16.4 Å². The topological polar surface area (TPSA) is 42.3 Å². The molecule has 0 fully saturated rings. The van der Waals surface area contributed by atoms with Gasteiger partial charge in [-0.05, 0) is 38.2 Å². The van der Waals surface area contributed by atoms with Gasteiger partial charge in [-0.3, -0.25) is 9.78 Å². The normalized spacial score (nSPS) is 9.08. The highest BCUT2D eigenvalue weighted by Gasteiger charge is 2.07. The Morgan fingerprint density at radius 1 is 1.54 bits per heavy atom. The monoisotopic (exact) mass is 192 g/mol. The van der Waals surface area contributed by atoms with Crippen molar-refractivity contribution < 1.29 is 4.79 Å². The second-order valence-corrected chi connectivity index (χ2v) is 2.78. The number of pyridine rings is 1. The van der Waals surface area contributed by atoms with Gasteiger partial charge in [0, 0.05) is 5.69 Å². The second-order valence-electron chi connectivity index (χ2n) is 2.59. The van der Waals surface area contributed by atoms with E-state index in [2.05, 4.69) is 22.2 Å². The number of thiocarbonyl (C=S) groups is 1. The summed E-state index contributed by atoms with van der Waals surface area (Å²) in [7, 11) is 0. The second kappa shape index (κ2) is 4.03. The first-order valence-corrected chi connectivity index (χ1v) is 4.12. The molecule has 0 aliphatic carbocycles. The molecule has 0 atom stereocenters. The van der Waals surface area contributed by atoms with Crippen LogP contribution in [0.2, 0.25) is 0 Å². The predicted octanol–water partition coefficient (Wildman–Crippen LogP) is 1.94. The van der Waals surface area contributed by atoms with E-state index in [0.29, 0.717) is 11.3 Å². The van der Waals surface area contributed by atoms with Crippen molar-refractivity contribution in [3.8, 4) is 0 Å². The maximum atomic E-state index is 11.2. The number of aliphatic imine (C=N–C) groups is 1. The van der Waals surface area contributed by atoms with E-state index in [9.17, 15) is 4.79 Å². The maximum Gasteiger partial charge on any atom is 0.287 e. The van der Waals surface area contributed by atoms with E-state index in [4.69, 9.17) is 0 Å². The molecular weight excluding hydrogens is 184 g/mol. The van der Waals surface area contributed by atoms with Crippen LogP contribution in [0.1, 0.15) is 21.7 Å². The molecule has 0 aliphatic rings. The molecule has 0 aliphatic heterocycles. The highest BCUT2D eigenvalue weighted by atomic mass is 32.1. The Bertz CT molecular complexity index is 395. The lowest BCUT2D eigenvalue weighted by Crippen LogP contribution is -2.00. The molecule has 0 saturated heterocycles. The molecule has 1 heterocycles. The van der Waals surface area contributed by atoms with Gasteiger partial charge in [-0.1, -0.05) is 0 Å². The van der Waals surface area contributed by atoms with E-state index in [1.54, 1.807) is 19.1 Å². The van der Waals surface area contributed by atoms with Crippen molar-refractivity contribution in [2.45, 2.75) is 13.8 Å². The Labute approximate surface area is 81.5 Å². The lowest BCUT2D eigenvalue weighted by molar-refractivity contribution is 0.100. The van der Waals surface area contributed by atoms with Crippen LogP contribution >= 0.6 is 12.2 Å². The third-order valence-electron chi connectivity index (χ3n) is 1.60. The quantitative estimate of drug-likeness (QED) is 0.504. The standard InChI is InChI=1S/C9H8N2OS/c1-6-3-4-8(7(2)11-6)9(12)10-5-13/h3-4H,1-2H3. The van der Waals surface area contributed by atoms with Crippen LogP contribution in [0.25, 0.3) is 0 Å². The van der Waals surface area contributed by atoms with Crippen LogP contribution in [0, 0.1) is 13.8 Å². The van der Waals surface area contributed by atoms with Crippen LogP contribution in [0.5, 0.6) is 0 Å². The molecule has 0 aromatic carbocycles. The molecule has 0 saturated carbocycles. The van der Waals surface area contributed by atoms with Crippen LogP contribution in [0.15, 0.2) is 17.1 Å². The van der Waals surface area contributed by atoms with Gasteiger partial charge in [-0.25, -0.2) is 0 Å². The number of aryl methyl sites for hydroxylation is 2. The molecule has 1 aromatic heterocycles. The molecule has 3 nitrogen and oxygen atoms in total. The van der Waals surface area contributed by atoms with Crippen LogP contribution in [-0.4, -0.2) is 16.1 Å². The molecule has 0 unspecified atom stereocenters. The summed E-state index contributed by atoms with van der Waals surface area (Å²) in [5.41, 5.74) is 2.02. The minimum atomic E-state index is -0.389. The van der Waals surface area contributed by atoms with E-state index in [-0.39, 0.29) is 5.91 Å². The van der Waals surface area contributed by atoms with Crippen molar-refractivity contribution in [3.63, 3.8) is 0 Å². The first-order valence-electron chi connectivity index (χ1n) is 3.71. The highest BCUT2D eigenvalue weighted by molar-refractivity contribution is 7.78. The maximum absolute atomic E-state index is 11.2. The summed E-state index contributed by atoms with van der Waals surface area (Å²) >= 11 is 4.34. The largest absolute Gasteiger partial charge is 0.287 e. The highest BCUT2D eigenvalue weighted by Crippen LogP contribution is 2.07. The lowest BCUT2D eigenvalue weighted by atomic mass is 10.2. The molecule has 66 valence electrons. The van der Waals surface area contributed by atoms with Crippen LogP contribution in [-0.2, 0) is 0 Å². The third-order valence-corrected chi connectivity index (χ3v) is 1.69. The SMILES string of the molecule is Cc1ccc(C(=O)N=C=S)c(C)n1. The zero-order valence-electron chi connectivity index (χ0n) is 7.37. The molecule has 0 bridgehead atoms. The first kappa shape index (κ1) is 9.71. The molecular formula is C9H8N2OS. The summed E-state index contributed by atoms with van der Waals surface area (Å²) < 4.78 is 0. The molecule has 0 N–H and O–H groups in total. The molecule has 0 spiro atoms. The molecule has 1 amide bonds. The average Bonchev–Trinajstić information content (AvgIpc) is 2.04. The van der Waals surface area contributed by atoms with E-state index in [1.165, 1.54) is 0 Å². The van der Waals surface area contributed by atoms with Gasteiger partial charge in [0.25, 0.3) is 5.91 Å². The molecule has 1 aromatic rings. The van der Waals surface area contributed by atoms with Crippen LogP contribution < -0.4 is 0 Å². The number of carbonyl (C=O) groups excluding carboxylic acids is 1. The Kier molecular flexibility index (Phi) is 3.01. The first-order chi connectivity index (χ1) is 6.15. The van der Waals surface area contributed by atoms with Crippen molar-refractivity contribution in [3.05, 3.63) is 29.1 Å². The fraction of sp³-hybridized carbons (Fsp3) is 0.222. The zero-order valence-corrected chi connectivity index (χ0v) is 8.18. The van der Waals surface area contributed by atoms with Gasteiger partial charge in [0.2, 0.25) is 0 Å². The number of rotatable bonds is 1. The van der Waals surface area contributed by atoms with E-state index in [0.717, 1.165) is 5.69 Å². The number of isothiocyanates is 1. The van der Waals surface area contributed by atoms with Gasteiger partial charge < -0.3 is 0 Å². The minimum Gasteiger partial charge on any atom is -0.266 e. The number of nitrogens with zero attached hydrogens (tertiary/aromatic N) is 2. The summed E-state index contributed by atoms with van der Waals surface area (Å²) in [5.74, 6) is -0.389. The summed E-state index contributed by atoms with van der Waals surface area (Å²) in [5, 5.41) is 2.04. The Hall–Kier alpha value is -1.38. The van der Waals surface area contributed by atoms with Gasteiger partial charge in [0.1, 0.15) is 0 Å². The number of aromatic nitrogens is 1. The Morgan fingerprint density at radius 3 is 2.77 bits per heavy atom. The average molecular weight is 192 g/mol. The van der Waals surface area contributed by atoms with Crippen molar-refractivity contribution in [1.29, 1.82) is 0 Å². The molecule has 4 heteroatoms.